The van der Waals surface area contributed by atoms with E-state index < -0.39 is 0 Å². The van der Waals surface area contributed by atoms with Gasteiger partial charge in [0.05, 0.1) is 40.3 Å². The third-order valence-corrected chi connectivity index (χ3v) is 12.8. The lowest BCUT2D eigenvalue weighted by Crippen LogP contribution is -2.13. The van der Waals surface area contributed by atoms with Gasteiger partial charge in [-0.2, -0.15) is 0 Å². The van der Waals surface area contributed by atoms with Crippen LogP contribution in [0.15, 0.2) is 146 Å². The van der Waals surface area contributed by atoms with Gasteiger partial charge in [-0.15, -0.1) is 11.6 Å². The summed E-state index contributed by atoms with van der Waals surface area (Å²) in [5, 5.41) is 9.27. The van der Waals surface area contributed by atoms with Gasteiger partial charge in [0.15, 0.2) is 0 Å². The molecule has 11 heteroatoms. The molecule has 8 nitrogen and oxygen atoms in total. The molecule has 0 spiro atoms. The summed E-state index contributed by atoms with van der Waals surface area (Å²) in [4.78, 5) is 23.6. The third-order valence-electron chi connectivity index (χ3n) is 12.5. The molecule has 0 aliphatic heterocycles. The van der Waals surface area contributed by atoms with E-state index >= 15 is 0 Å². The maximum absolute atomic E-state index is 14.9. The largest absolute Gasteiger partial charge is 0.508 e. The number of hydrogen-bond donors (Lipinski definition) is 1. The van der Waals surface area contributed by atoms with E-state index in [9.17, 15) is 23.5 Å². The molecule has 0 aliphatic carbocycles. The van der Waals surface area contributed by atoms with E-state index in [-0.39, 0.29) is 52.0 Å². The topological polar surface area (TPSA) is 101 Å². The first kappa shape index (κ1) is 62.6. The van der Waals surface area contributed by atoms with Crippen molar-refractivity contribution in [1.82, 2.24) is 0 Å². The lowest BCUT2D eigenvalue weighted by molar-refractivity contribution is -0.144. The van der Waals surface area contributed by atoms with Crippen molar-refractivity contribution in [1.29, 1.82) is 0 Å². The zero-order valence-corrected chi connectivity index (χ0v) is 47.9. The van der Waals surface area contributed by atoms with Crippen molar-refractivity contribution >= 4 is 23.5 Å². The van der Waals surface area contributed by atoms with Crippen LogP contribution in [0.1, 0.15) is 140 Å². The standard InChI is InChI=1S/C33H39FO4.C18H20ClFO.C15H20O3/c1-7-9-10-25(20-32(35)37-8-2)24-12-14-26(15-13-24)38-22-23-11-17-30(33(3,4)5)28(19-23)29-21-27(36-6)16-18-31(29)34;1-18(2,3)16-7-5-12(11-19)9-14(16)15-10-13(21-4)6-8-17(15)20;1-3-5-6-13(11-15(17)18-4-2)12-7-9-14(16)10-8-12/h9-19,21,25H,7-8,20,22H2,1-6H3;5-10H,11H2,1-4H3;5-10,13,16H,3-4,11H2,1-2H3/b10-9+;;6-5+/t25-;;13-/m1.1/s1. The Kier molecular flexibility index (Phi) is 25.0. The molecular weight excluding hydrogens is 994 g/mol. The first-order valence-electron chi connectivity index (χ1n) is 26.4. The Hall–Kier alpha value is -6.91. The second-order valence-electron chi connectivity index (χ2n) is 20.4. The molecule has 0 unspecified atom stereocenters. The minimum Gasteiger partial charge on any atom is -0.508 e. The SMILES string of the molecule is CC/C=C/[C@H](CC(=O)OCC)c1ccc(O)cc1.CC/C=C/[C@H](CC(=O)OCC)c1ccc(OCc2ccc(C(C)(C)C)c(-c3cc(OC)ccc3F)c2)cc1.COc1ccc(F)c(-c2cc(CCl)ccc2C(C)(C)C)c1. The Morgan fingerprint density at radius 1 is 0.545 bits per heavy atom. The number of halogens is 3. The molecule has 0 bridgehead atoms. The second kappa shape index (κ2) is 30.7. The molecule has 412 valence electrons. The van der Waals surface area contributed by atoms with E-state index in [4.69, 9.17) is 35.3 Å². The zero-order valence-electron chi connectivity index (χ0n) is 47.1. The fraction of sp³-hybridized carbons (Fsp3) is 0.364. The Balaban J connectivity index is 0.000000276. The molecular formula is C66H79ClF2O8. The van der Waals surface area contributed by atoms with Crippen LogP contribution in [0.25, 0.3) is 22.3 Å². The number of phenolic OH excluding ortho intramolecular Hbond substituents is 1. The van der Waals surface area contributed by atoms with Gasteiger partial charge in [-0.05, 0) is 155 Å². The predicted octanol–water partition coefficient (Wildman–Crippen LogP) is 17.3. The van der Waals surface area contributed by atoms with Gasteiger partial charge in [-0.25, -0.2) is 8.78 Å². The summed E-state index contributed by atoms with van der Waals surface area (Å²) in [6.07, 6.45) is 10.6. The summed E-state index contributed by atoms with van der Waals surface area (Å²) >= 11 is 5.93. The van der Waals surface area contributed by atoms with Crippen LogP contribution in [0, 0.1) is 11.6 Å². The molecule has 6 rings (SSSR count). The molecule has 0 aliphatic rings. The number of ether oxygens (including phenoxy) is 5. The Morgan fingerprint density at radius 2 is 0.948 bits per heavy atom. The van der Waals surface area contributed by atoms with E-state index in [1.165, 1.54) is 12.1 Å². The zero-order chi connectivity index (χ0) is 56.7. The number of aromatic hydroxyl groups is 1. The average molecular weight is 1070 g/mol. The van der Waals surface area contributed by atoms with Crippen LogP contribution in [0.3, 0.4) is 0 Å². The molecule has 0 amide bonds. The molecule has 0 fully saturated rings. The van der Waals surface area contributed by atoms with E-state index in [1.807, 2.05) is 85.8 Å². The third kappa shape index (κ3) is 19.6. The number of carbonyl (C=O) groups excluding carboxylic acids is 2. The van der Waals surface area contributed by atoms with Crippen LogP contribution in [-0.2, 0) is 42.4 Å². The smallest absolute Gasteiger partial charge is 0.306 e. The minimum absolute atomic E-state index is 0.00426. The van der Waals surface area contributed by atoms with Crippen LogP contribution >= 0.6 is 11.6 Å². The fourth-order valence-corrected chi connectivity index (χ4v) is 8.64. The normalized spacial score (nSPS) is 12.2. The van der Waals surface area contributed by atoms with Crippen molar-refractivity contribution in [3.8, 4) is 45.3 Å². The number of phenols is 1. The van der Waals surface area contributed by atoms with Gasteiger partial charge in [0.1, 0.15) is 41.2 Å². The van der Waals surface area contributed by atoms with Crippen molar-refractivity contribution in [2.75, 3.05) is 27.4 Å². The minimum atomic E-state index is -0.292. The Bertz CT molecular complexity index is 2860. The molecule has 6 aromatic carbocycles. The molecule has 0 saturated carbocycles. The van der Waals surface area contributed by atoms with Gasteiger partial charge >= 0.3 is 11.9 Å². The van der Waals surface area contributed by atoms with Crippen molar-refractivity contribution in [3.05, 3.63) is 191 Å². The van der Waals surface area contributed by atoms with Gasteiger partial charge in [-0.3, -0.25) is 9.59 Å². The summed E-state index contributed by atoms with van der Waals surface area (Å²) in [5.74, 6) is 1.61. The summed E-state index contributed by atoms with van der Waals surface area (Å²) < 4.78 is 56.0. The predicted molar refractivity (Wildman–Crippen MR) is 309 cm³/mol. The van der Waals surface area contributed by atoms with Crippen LogP contribution < -0.4 is 14.2 Å². The lowest BCUT2D eigenvalue weighted by atomic mass is 9.81. The highest BCUT2D eigenvalue weighted by Gasteiger charge is 2.23. The van der Waals surface area contributed by atoms with Crippen molar-refractivity contribution in [2.45, 2.75) is 130 Å². The van der Waals surface area contributed by atoms with Crippen LogP contribution in [0.5, 0.6) is 23.0 Å². The maximum Gasteiger partial charge on any atom is 0.306 e. The number of methoxy groups -OCH3 is 2. The molecule has 2 atom stereocenters. The Morgan fingerprint density at radius 3 is 1.34 bits per heavy atom. The van der Waals surface area contributed by atoms with E-state index in [0.717, 1.165) is 63.1 Å². The molecule has 1 N–H and O–H groups in total. The molecule has 6 aromatic rings. The molecule has 0 aromatic heterocycles. The molecule has 0 radical (unpaired) electrons. The van der Waals surface area contributed by atoms with Crippen LogP contribution in [-0.4, -0.2) is 44.5 Å². The van der Waals surface area contributed by atoms with Crippen LogP contribution in [0.2, 0.25) is 0 Å². The van der Waals surface area contributed by atoms with Gasteiger partial charge in [0.2, 0.25) is 0 Å². The summed E-state index contributed by atoms with van der Waals surface area (Å²) in [5.41, 5.74) is 8.57. The first-order chi connectivity index (χ1) is 36.7. The number of allylic oxidation sites excluding steroid dienone is 4. The van der Waals surface area contributed by atoms with Gasteiger partial charge in [0.25, 0.3) is 0 Å². The lowest BCUT2D eigenvalue weighted by Gasteiger charge is -2.24. The van der Waals surface area contributed by atoms with E-state index in [0.29, 0.717) is 61.2 Å². The van der Waals surface area contributed by atoms with Gasteiger partial charge in [0, 0.05) is 28.8 Å². The molecule has 0 heterocycles. The van der Waals surface area contributed by atoms with Crippen molar-refractivity contribution < 1.29 is 47.2 Å². The van der Waals surface area contributed by atoms with Crippen molar-refractivity contribution in [3.63, 3.8) is 0 Å². The first-order valence-corrected chi connectivity index (χ1v) is 26.9. The van der Waals surface area contributed by atoms with Crippen molar-refractivity contribution in [2.24, 2.45) is 0 Å². The van der Waals surface area contributed by atoms with E-state index in [2.05, 4.69) is 73.6 Å². The molecule has 77 heavy (non-hydrogen) atoms. The summed E-state index contributed by atoms with van der Waals surface area (Å²) in [6.45, 7) is 21.5. The second-order valence-corrected chi connectivity index (χ2v) is 20.7. The van der Waals surface area contributed by atoms with Gasteiger partial charge < -0.3 is 28.8 Å². The maximum atomic E-state index is 14.9. The van der Waals surface area contributed by atoms with Crippen LogP contribution in [0.4, 0.5) is 8.78 Å². The Labute approximate surface area is 462 Å². The molecule has 0 saturated heterocycles. The highest BCUT2D eigenvalue weighted by atomic mass is 35.5. The summed E-state index contributed by atoms with van der Waals surface area (Å²) in [7, 11) is 3.16. The monoisotopic (exact) mass is 1070 g/mol. The van der Waals surface area contributed by atoms with E-state index in [1.54, 1.807) is 57.5 Å². The number of benzene rings is 6. The fourth-order valence-electron chi connectivity index (χ4n) is 8.48. The summed E-state index contributed by atoms with van der Waals surface area (Å²) in [6, 6.07) is 36.4. The number of rotatable bonds is 20. The quantitative estimate of drug-likeness (QED) is 0.0458. The number of alkyl halides is 1. The number of carbonyl (C=O) groups is 2. The average Bonchev–Trinajstić information content (AvgIpc) is 3.42. The van der Waals surface area contributed by atoms with Gasteiger partial charge in [-0.1, -0.05) is 128 Å². The highest BCUT2D eigenvalue weighted by Crippen LogP contribution is 2.39. The number of esters is 2. The highest BCUT2D eigenvalue weighted by molar-refractivity contribution is 6.17. The number of hydrogen-bond acceptors (Lipinski definition) is 8.